The highest BCUT2D eigenvalue weighted by molar-refractivity contribution is 7.13. The molecular formula is C13H14F2N2OS. The minimum Gasteiger partial charge on any atom is -0.434 e. The number of benzene rings is 1. The van der Waals surface area contributed by atoms with Crippen LogP contribution < -0.4 is 10.1 Å². The van der Waals surface area contributed by atoms with Gasteiger partial charge in [-0.15, -0.1) is 11.3 Å². The molecule has 0 aliphatic heterocycles. The summed E-state index contributed by atoms with van der Waals surface area (Å²) < 4.78 is 29.2. The molecule has 0 amide bonds. The van der Waals surface area contributed by atoms with E-state index in [0.29, 0.717) is 10.6 Å². The average molecular weight is 284 g/mol. The molecule has 6 heteroatoms. The topological polar surface area (TPSA) is 34.1 Å². The van der Waals surface area contributed by atoms with Gasteiger partial charge in [-0.3, -0.25) is 0 Å². The molecule has 0 saturated heterocycles. The van der Waals surface area contributed by atoms with E-state index in [1.165, 1.54) is 17.4 Å². The molecule has 102 valence electrons. The first-order chi connectivity index (χ1) is 9.11. The van der Waals surface area contributed by atoms with Gasteiger partial charge < -0.3 is 10.1 Å². The molecule has 0 radical (unpaired) electrons. The van der Waals surface area contributed by atoms with Gasteiger partial charge >= 0.3 is 6.61 Å². The average Bonchev–Trinajstić information content (AvgIpc) is 2.87. The van der Waals surface area contributed by atoms with Crippen LogP contribution in [0.3, 0.4) is 0 Å². The number of para-hydroxylation sites is 1. The minimum atomic E-state index is -2.84. The standard InChI is InChI=1S/C13H14F2N2OS/c1-8(16-2)10-7-19-12(17-10)9-5-3-4-6-11(9)18-13(14)15/h3-8,13,16H,1-2H3. The van der Waals surface area contributed by atoms with E-state index in [9.17, 15) is 8.78 Å². The number of halogens is 2. The van der Waals surface area contributed by atoms with Crippen molar-refractivity contribution < 1.29 is 13.5 Å². The summed E-state index contributed by atoms with van der Waals surface area (Å²) in [4.78, 5) is 4.45. The Balaban J connectivity index is 2.33. The van der Waals surface area contributed by atoms with E-state index in [2.05, 4.69) is 15.0 Å². The zero-order valence-corrected chi connectivity index (χ0v) is 11.4. The van der Waals surface area contributed by atoms with Crippen LogP contribution in [-0.4, -0.2) is 18.6 Å². The van der Waals surface area contributed by atoms with E-state index in [4.69, 9.17) is 0 Å². The Morgan fingerprint density at radius 2 is 2.05 bits per heavy atom. The first-order valence-electron chi connectivity index (χ1n) is 5.78. The number of nitrogens with one attached hydrogen (secondary N) is 1. The van der Waals surface area contributed by atoms with Crippen molar-refractivity contribution in [2.45, 2.75) is 19.6 Å². The largest absolute Gasteiger partial charge is 0.434 e. The molecule has 0 saturated carbocycles. The van der Waals surface area contributed by atoms with Gasteiger partial charge in [-0.05, 0) is 26.1 Å². The quantitative estimate of drug-likeness (QED) is 0.909. The van der Waals surface area contributed by atoms with E-state index in [-0.39, 0.29) is 11.8 Å². The Labute approximate surface area is 114 Å². The lowest BCUT2D eigenvalue weighted by Gasteiger charge is -2.08. The van der Waals surface area contributed by atoms with Gasteiger partial charge in [0.15, 0.2) is 0 Å². The Bertz CT molecular complexity index is 545. The van der Waals surface area contributed by atoms with Gasteiger partial charge in [0.2, 0.25) is 0 Å². The molecule has 0 bridgehead atoms. The third-order valence-corrected chi connectivity index (χ3v) is 3.63. The van der Waals surface area contributed by atoms with Crippen LogP contribution in [0.4, 0.5) is 8.78 Å². The van der Waals surface area contributed by atoms with Crippen molar-refractivity contribution in [1.29, 1.82) is 0 Å². The maximum Gasteiger partial charge on any atom is 0.387 e. The van der Waals surface area contributed by atoms with Crippen LogP contribution in [0.1, 0.15) is 18.7 Å². The second kappa shape index (κ2) is 6.08. The Morgan fingerprint density at radius 3 is 2.74 bits per heavy atom. The van der Waals surface area contributed by atoms with Gasteiger partial charge in [0, 0.05) is 11.4 Å². The number of rotatable bonds is 5. The highest BCUT2D eigenvalue weighted by Gasteiger charge is 2.15. The maximum atomic E-state index is 12.4. The normalized spacial score (nSPS) is 12.7. The van der Waals surface area contributed by atoms with Gasteiger partial charge in [0.1, 0.15) is 10.8 Å². The summed E-state index contributed by atoms with van der Waals surface area (Å²) in [6, 6.07) is 6.80. The number of thiazole rings is 1. The Hall–Kier alpha value is -1.53. The highest BCUT2D eigenvalue weighted by atomic mass is 32.1. The lowest BCUT2D eigenvalue weighted by atomic mass is 10.2. The summed E-state index contributed by atoms with van der Waals surface area (Å²) in [5.74, 6) is 0.149. The zero-order valence-electron chi connectivity index (χ0n) is 10.6. The van der Waals surface area contributed by atoms with E-state index in [0.717, 1.165) is 5.69 Å². The fraction of sp³-hybridized carbons (Fsp3) is 0.308. The number of nitrogens with zero attached hydrogens (tertiary/aromatic N) is 1. The van der Waals surface area contributed by atoms with Gasteiger partial charge in [-0.1, -0.05) is 12.1 Å². The molecule has 3 nitrogen and oxygen atoms in total. The van der Waals surface area contributed by atoms with Crippen molar-refractivity contribution in [1.82, 2.24) is 10.3 Å². The lowest BCUT2D eigenvalue weighted by molar-refractivity contribution is -0.0494. The Morgan fingerprint density at radius 1 is 1.32 bits per heavy atom. The van der Waals surface area contributed by atoms with Crippen LogP contribution in [0.15, 0.2) is 29.6 Å². The molecule has 1 atom stereocenters. The first-order valence-corrected chi connectivity index (χ1v) is 6.66. The molecule has 1 N–H and O–H groups in total. The molecule has 0 aliphatic carbocycles. The molecule has 1 aromatic carbocycles. The predicted molar refractivity (Wildman–Crippen MR) is 71.7 cm³/mol. The summed E-state index contributed by atoms with van der Waals surface area (Å²) in [5.41, 5.74) is 1.47. The van der Waals surface area contributed by atoms with Crippen molar-refractivity contribution in [3.05, 3.63) is 35.3 Å². The fourth-order valence-corrected chi connectivity index (χ4v) is 2.54. The molecule has 0 aliphatic rings. The number of aromatic nitrogens is 1. The SMILES string of the molecule is CNC(C)c1csc(-c2ccccc2OC(F)F)n1. The maximum absolute atomic E-state index is 12.4. The number of alkyl halides is 2. The van der Waals surface area contributed by atoms with Gasteiger partial charge in [0.25, 0.3) is 0 Å². The third-order valence-electron chi connectivity index (χ3n) is 2.73. The summed E-state index contributed by atoms with van der Waals surface area (Å²) in [5, 5.41) is 5.67. The molecule has 2 aromatic rings. The monoisotopic (exact) mass is 284 g/mol. The number of hydrogen-bond acceptors (Lipinski definition) is 4. The Kier molecular flexibility index (Phi) is 4.44. The van der Waals surface area contributed by atoms with E-state index < -0.39 is 6.61 Å². The van der Waals surface area contributed by atoms with Crippen molar-refractivity contribution >= 4 is 11.3 Å². The first kappa shape index (κ1) is 13.9. The van der Waals surface area contributed by atoms with Gasteiger partial charge in [-0.2, -0.15) is 8.78 Å². The number of ether oxygens (including phenoxy) is 1. The van der Waals surface area contributed by atoms with Crippen LogP contribution in [0.5, 0.6) is 5.75 Å². The molecule has 19 heavy (non-hydrogen) atoms. The third kappa shape index (κ3) is 3.27. The van der Waals surface area contributed by atoms with Crippen LogP contribution in [-0.2, 0) is 0 Å². The second-order valence-electron chi connectivity index (χ2n) is 3.96. The van der Waals surface area contributed by atoms with Crippen LogP contribution in [0, 0.1) is 0 Å². The molecule has 0 fully saturated rings. The van der Waals surface area contributed by atoms with E-state index in [1.54, 1.807) is 18.2 Å². The molecule has 2 rings (SSSR count). The van der Waals surface area contributed by atoms with Gasteiger partial charge in [-0.25, -0.2) is 4.98 Å². The second-order valence-corrected chi connectivity index (χ2v) is 4.82. The summed E-state index contributed by atoms with van der Waals surface area (Å²) in [6.45, 7) is -0.850. The van der Waals surface area contributed by atoms with Crippen molar-refractivity contribution in [3.8, 4) is 16.3 Å². The molecule has 1 aromatic heterocycles. The minimum absolute atomic E-state index is 0.119. The van der Waals surface area contributed by atoms with Gasteiger partial charge in [0.05, 0.1) is 11.3 Å². The summed E-state index contributed by atoms with van der Waals surface area (Å²) >= 11 is 1.41. The zero-order chi connectivity index (χ0) is 13.8. The van der Waals surface area contributed by atoms with Crippen molar-refractivity contribution in [2.75, 3.05) is 7.05 Å². The number of hydrogen-bond donors (Lipinski definition) is 1. The van der Waals surface area contributed by atoms with Crippen molar-refractivity contribution in [3.63, 3.8) is 0 Å². The fourth-order valence-electron chi connectivity index (χ4n) is 1.60. The summed E-state index contributed by atoms with van der Waals surface area (Å²) in [6.07, 6.45) is 0. The lowest BCUT2D eigenvalue weighted by Crippen LogP contribution is -2.12. The molecule has 1 heterocycles. The summed E-state index contributed by atoms with van der Waals surface area (Å²) in [7, 11) is 1.84. The van der Waals surface area contributed by atoms with Crippen molar-refractivity contribution in [2.24, 2.45) is 0 Å². The van der Waals surface area contributed by atoms with Crippen LogP contribution in [0.25, 0.3) is 10.6 Å². The van der Waals surface area contributed by atoms with E-state index in [1.807, 2.05) is 19.4 Å². The smallest absolute Gasteiger partial charge is 0.387 e. The predicted octanol–water partition coefficient (Wildman–Crippen LogP) is 3.69. The molecule has 1 unspecified atom stereocenters. The van der Waals surface area contributed by atoms with Crippen LogP contribution in [0.2, 0.25) is 0 Å². The molecule has 0 spiro atoms. The highest BCUT2D eigenvalue weighted by Crippen LogP contribution is 2.33. The van der Waals surface area contributed by atoms with Crippen LogP contribution >= 0.6 is 11.3 Å². The molecular weight excluding hydrogens is 270 g/mol. The van der Waals surface area contributed by atoms with E-state index >= 15 is 0 Å².